The molecule has 0 aliphatic carbocycles. The average molecular weight is 387 g/mol. The van der Waals surface area contributed by atoms with Gasteiger partial charge >= 0.3 is 0 Å². The second kappa shape index (κ2) is 6.35. The highest BCUT2D eigenvalue weighted by Crippen LogP contribution is 2.24. The van der Waals surface area contributed by atoms with Crippen molar-refractivity contribution >= 4 is 32.8 Å². The first-order valence-corrected chi connectivity index (χ1v) is 8.39. The predicted octanol–water partition coefficient (Wildman–Crippen LogP) is 2.89. The Balaban J connectivity index is 1.44. The van der Waals surface area contributed by atoms with E-state index < -0.39 is 0 Å². The number of fused-ring (bicyclic) bond motifs is 1. The van der Waals surface area contributed by atoms with Gasteiger partial charge in [0.15, 0.2) is 5.76 Å². The number of benzene rings is 1. The molecule has 1 fully saturated rings. The molecule has 2 atom stereocenters. The summed E-state index contributed by atoms with van der Waals surface area (Å²) in [5.74, 6) is 0.0641. The van der Waals surface area contributed by atoms with Crippen molar-refractivity contribution in [2.75, 3.05) is 0 Å². The second-order valence-electron chi connectivity index (χ2n) is 5.68. The van der Waals surface area contributed by atoms with Gasteiger partial charge in [0.05, 0.1) is 6.17 Å². The highest BCUT2D eigenvalue weighted by atomic mass is 79.9. The first-order valence-electron chi connectivity index (χ1n) is 7.60. The number of carbonyl (C=O) groups is 1. The van der Waals surface area contributed by atoms with E-state index in [1.165, 1.54) is 0 Å². The van der Waals surface area contributed by atoms with Crippen molar-refractivity contribution in [1.29, 1.82) is 0 Å². The molecule has 0 spiro atoms. The van der Waals surface area contributed by atoms with Crippen molar-refractivity contribution < 1.29 is 9.21 Å². The van der Waals surface area contributed by atoms with Crippen LogP contribution in [0.4, 0.5) is 0 Å². The molecule has 1 amide bonds. The number of pyridine rings is 1. The maximum Gasteiger partial charge on any atom is 0.288 e. The first kappa shape index (κ1) is 15.3. The van der Waals surface area contributed by atoms with Crippen LogP contribution in [0, 0.1) is 0 Å². The molecule has 1 aromatic carbocycles. The van der Waals surface area contributed by atoms with E-state index in [1.807, 2.05) is 30.3 Å². The van der Waals surface area contributed by atoms with Gasteiger partial charge in [0.1, 0.15) is 5.58 Å². The summed E-state index contributed by atoms with van der Waals surface area (Å²) in [6.45, 7) is 0. The van der Waals surface area contributed by atoms with Crippen LogP contribution in [-0.4, -0.2) is 17.1 Å². The third-order valence-corrected chi connectivity index (χ3v) is 4.51. The van der Waals surface area contributed by atoms with E-state index in [0.29, 0.717) is 11.3 Å². The van der Waals surface area contributed by atoms with E-state index in [2.05, 4.69) is 37.1 Å². The lowest BCUT2D eigenvalue weighted by atomic mass is 10.1. The van der Waals surface area contributed by atoms with Crippen molar-refractivity contribution in [1.82, 2.24) is 21.2 Å². The molecule has 1 aliphatic rings. The zero-order chi connectivity index (χ0) is 16.5. The van der Waals surface area contributed by atoms with Crippen molar-refractivity contribution in [2.45, 2.75) is 18.6 Å². The normalized spacial score (nSPS) is 20.4. The van der Waals surface area contributed by atoms with Gasteiger partial charge in [0.2, 0.25) is 0 Å². The molecular formula is C17H15BrN4O2. The molecule has 1 saturated heterocycles. The third kappa shape index (κ3) is 3.06. The largest absolute Gasteiger partial charge is 0.451 e. The van der Waals surface area contributed by atoms with Crippen LogP contribution in [0.15, 0.2) is 57.7 Å². The van der Waals surface area contributed by atoms with Crippen molar-refractivity contribution in [2.24, 2.45) is 0 Å². The summed E-state index contributed by atoms with van der Waals surface area (Å²) < 4.78 is 6.57. The van der Waals surface area contributed by atoms with Crippen LogP contribution >= 0.6 is 15.9 Å². The molecule has 0 bridgehead atoms. The lowest BCUT2D eigenvalue weighted by molar-refractivity contribution is 0.0906. The van der Waals surface area contributed by atoms with E-state index in [4.69, 9.17) is 4.42 Å². The van der Waals surface area contributed by atoms with Crippen LogP contribution in [-0.2, 0) is 0 Å². The molecule has 0 saturated carbocycles. The number of carbonyl (C=O) groups excluding carboxylic acids is 1. The quantitative estimate of drug-likeness (QED) is 0.644. The molecule has 24 heavy (non-hydrogen) atoms. The minimum Gasteiger partial charge on any atom is -0.451 e. The third-order valence-electron chi connectivity index (χ3n) is 4.02. The number of hydrazine groups is 1. The van der Waals surface area contributed by atoms with E-state index >= 15 is 0 Å². The van der Waals surface area contributed by atoms with Crippen LogP contribution in [0.5, 0.6) is 0 Å². The van der Waals surface area contributed by atoms with Gasteiger partial charge in [-0.25, -0.2) is 10.9 Å². The Kier molecular flexibility index (Phi) is 4.05. The standard InChI is InChI=1S/C17H15BrN4O2/c18-12-1-2-14-11(7-12)8-15(24-14)17(23)20-16-9-13(21-22-16)10-3-5-19-6-4-10/h1-8,13,16,21-22H,9H2,(H,20,23). The average Bonchev–Trinajstić information content (AvgIpc) is 3.22. The number of nitrogens with one attached hydrogen (secondary N) is 3. The van der Waals surface area contributed by atoms with Crippen molar-refractivity contribution in [3.05, 3.63) is 64.6 Å². The Labute approximate surface area is 146 Å². The minimum atomic E-state index is -0.239. The summed E-state index contributed by atoms with van der Waals surface area (Å²) in [6, 6.07) is 11.4. The highest BCUT2D eigenvalue weighted by Gasteiger charge is 2.27. The maximum atomic E-state index is 12.4. The fourth-order valence-corrected chi connectivity index (χ4v) is 3.20. The van der Waals surface area contributed by atoms with Gasteiger partial charge in [-0.1, -0.05) is 15.9 Å². The van der Waals surface area contributed by atoms with Gasteiger partial charge in [-0.15, -0.1) is 0 Å². The van der Waals surface area contributed by atoms with Gasteiger partial charge in [0.25, 0.3) is 5.91 Å². The molecule has 7 heteroatoms. The number of nitrogens with zero attached hydrogens (tertiary/aromatic N) is 1. The van der Waals surface area contributed by atoms with E-state index in [0.717, 1.165) is 21.8 Å². The molecule has 6 nitrogen and oxygen atoms in total. The summed E-state index contributed by atoms with van der Waals surface area (Å²) in [4.78, 5) is 16.4. The van der Waals surface area contributed by atoms with Crippen LogP contribution in [0.1, 0.15) is 28.6 Å². The van der Waals surface area contributed by atoms with Gasteiger partial charge in [-0.2, -0.15) is 0 Å². The van der Waals surface area contributed by atoms with Crippen molar-refractivity contribution in [3.63, 3.8) is 0 Å². The Morgan fingerprint density at radius 1 is 1.21 bits per heavy atom. The van der Waals surface area contributed by atoms with Crippen LogP contribution in [0.25, 0.3) is 11.0 Å². The van der Waals surface area contributed by atoms with Gasteiger partial charge in [-0.05, 0) is 42.0 Å². The molecule has 2 unspecified atom stereocenters. The molecule has 122 valence electrons. The number of hydrogen-bond acceptors (Lipinski definition) is 5. The number of furan rings is 1. The lowest BCUT2D eigenvalue weighted by Gasteiger charge is -2.10. The zero-order valence-corrected chi connectivity index (χ0v) is 14.2. The summed E-state index contributed by atoms with van der Waals surface area (Å²) in [5, 5.41) is 3.83. The Bertz CT molecular complexity index is 881. The highest BCUT2D eigenvalue weighted by molar-refractivity contribution is 9.10. The Hall–Kier alpha value is -2.22. The summed E-state index contributed by atoms with van der Waals surface area (Å²) in [7, 11) is 0. The first-order chi connectivity index (χ1) is 11.7. The Morgan fingerprint density at radius 2 is 2.04 bits per heavy atom. The molecule has 2 aromatic heterocycles. The minimum absolute atomic E-state index is 0.130. The van der Waals surface area contributed by atoms with E-state index in [9.17, 15) is 4.79 Å². The van der Waals surface area contributed by atoms with Crippen LogP contribution < -0.4 is 16.2 Å². The Morgan fingerprint density at radius 3 is 2.88 bits per heavy atom. The van der Waals surface area contributed by atoms with Crippen LogP contribution in [0.3, 0.4) is 0 Å². The smallest absolute Gasteiger partial charge is 0.288 e. The molecule has 4 rings (SSSR count). The fraction of sp³-hybridized carbons (Fsp3) is 0.176. The van der Waals surface area contributed by atoms with Gasteiger partial charge < -0.3 is 9.73 Å². The van der Waals surface area contributed by atoms with E-state index in [-0.39, 0.29) is 18.1 Å². The fourth-order valence-electron chi connectivity index (χ4n) is 2.82. The van der Waals surface area contributed by atoms with E-state index in [1.54, 1.807) is 18.5 Å². The summed E-state index contributed by atoms with van der Waals surface area (Å²) in [5.41, 5.74) is 8.10. The molecule has 0 radical (unpaired) electrons. The lowest BCUT2D eigenvalue weighted by Crippen LogP contribution is -2.44. The molecular weight excluding hydrogens is 372 g/mol. The van der Waals surface area contributed by atoms with Crippen LogP contribution in [0.2, 0.25) is 0 Å². The topological polar surface area (TPSA) is 79.2 Å². The number of amides is 1. The monoisotopic (exact) mass is 386 g/mol. The molecule has 3 heterocycles. The predicted molar refractivity (Wildman–Crippen MR) is 93.0 cm³/mol. The van der Waals surface area contributed by atoms with Gasteiger partial charge in [-0.3, -0.25) is 9.78 Å². The number of rotatable bonds is 3. The van der Waals surface area contributed by atoms with Gasteiger partial charge in [0, 0.05) is 34.7 Å². The molecule has 1 aliphatic heterocycles. The zero-order valence-electron chi connectivity index (χ0n) is 12.6. The number of halogens is 1. The number of aromatic nitrogens is 1. The van der Waals surface area contributed by atoms with Crippen molar-refractivity contribution in [3.8, 4) is 0 Å². The summed E-state index contributed by atoms with van der Waals surface area (Å²) in [6.07, 6.45) is 4.09. The SMILES string of the molecule is O=C(NC1CC(c2ccncc2)NN1)c1cc2cc(Br)ccc2o1. The molecule has 3 N–H and O–H groups in total. The number of hydrogen-bond donors (Lipinski definition) is 3. The summed E-state index contributed by atoms with van der Waals surface area (Å²) >= 11 is 3.41. The maximum absolute atomic E-state index is 12.4. The molecule has 3 aromatic rings. The second-order valence-corrected chi connectivity index (χ2v) is 6.59.